The van der Waals surface area contributed by atoms with Gasteiger partial charge < -0.3 is 4.42 Å². The van der Waals surface area contributed by atoms with Gasteiger partial charge in [-0.1, -0.05) is 158 Å². The molecule has 6 nitrogen and oxygen atoms in total. The molecule has 11 rings (SSSR count). The first-order valence-electron chi connectivity index (χ1n) is 18.4. The van der Waals surface area contributed by atoms with E-state index in [0.29, 0.717) is 28.9 Å². The second-order valence-electron chi connectivity index (χ2n) is 13.6. The van der Waals surface area contributed by atoms with E-state index in [1.807, 2.05) is 84.9 Å². The summed E-state index contributed by atoms with van der Waals surface area (Å²) in [5.74, 6) is 2.52. The van der Waals surface area contributed by atoms with Crippen LogP contribution in [0.3, 0.4) is 0 Å². The Morgan fingerprint density at radius 2 is 0.893 bits per heavy atom. The monoisotopic (exact) mass is 735 g/mol. The minimum Gasteiger partial charge on any atom is -0.452 e. The van der Waals surface area contributed by atoms with Crippen molar-refractivity contribution in [3.8, 4) is 67.9 Å². The first kappa shape index (κ1) is 32.1. The highest BCUT2D eigenvalue weighted by atomic mass is 32.1. The average Bonchev–Trinajstić information content (AvgIpc) is 3.86. The summed E-state index contributed by atoms with van der Waals surface area (Å²) in [6.45, 7) is 0. The number of aromatic nitrogens is 5. The lowest BCUT2D eigenvalue weighted by Crippen LogP contribution is -2.00. The van der Waals surface area contributed by atoms with Gasteiger partial charge in [-0.15, -0.1) is 11.3 Å². The number of hydrogen-bond donors (Lipinski definition) is 0. The Balaban J connectivity index is 1.12. The molecule has 0 atom stereocenters. The molecule has 7 heteroatoms. The molecule has 0 aliphatic heterocycles. The molecule has 4 heterocycles. The largest absolute Gasteiger partial charge is 0.452 e. The molecule has 0 unspecified atom stereocenters. The quantitative estimate of drug-likeness (QED) is 0.169. The van der Waals surface area contributed by atoms with Crippen LogP contribution < -0.4 is 0 Å². The minimum atomic E-state index is 0.622. The summed E-state index contributed by atoms with van der Waals surface area (Å²) in [5, 5.41) is 3.14. The SMILES string of the molecule is c1ccc(-c2ccc(-c3nc(-c4cccc5c4sc4cccc(-c6nc(-c7ccccc7)nc(-c7ccccc7)n6)c45)c4oc5ccccc5c4n3)cc2)cc1. The Morgan fingerprint density at radius 3 is 1.61 bits per heavy atom. The Hall–Kier alpha value is -7.35. The predicted octanol–water partition coefficient (Wildman–Crippen LogP) is 12.9. The van der Waals surface area contributed by atoms with Crippen LogP contribution in [-0.4, -0.2) is 24.9 Å². The fourth-order valence-electron chi connectivity index (χ4n) is 7.49. The molecule has 262 valence electrons. The topological polar surface area (TPSA) is 77.6 Å². The van der Waals surface area contributed by atoms with Crippen molar-refractivity contribution in [3.05, 3.63) is 176 Å². The molecule has 7 aromatic carbocycles. The molecule has 0 bridgehead atoms. The number of furan rings is 1. The minimum absolute atomic E-state index is 0.622. The van der Waals surface area contributed by atoms with Crippen molar-refractivity contribution in [3.63, 3.8) is 0 Å². The third kappa shape index (κ3) is 5.44. The van der Waals surface area contributed by atoms with Gasteiger partial charge >= 0.3 is 0 Å². The van der Waals surface area contributed by atoms with E-state index in [1.54, 1.807) is 11.3 Å². The van der Waals surface area contributed by atoms with Crippen LogP contribution in [0.4, 0.5) is 0 Å². The van der Waals surface area contributed by atoms with E-state index >= 15 is 0 Å². The number of para-hydroxylation sites is 1. The Labute approximate surface area is 325 Å². The lowest BCUT2D eigenvalue weighted by molar-refractivity contribution is 0.667. The lowest BCUT2D eigenvalue weighted by atomic mass is 10.0. The summed E-state index contributed by atoms with van der Waals surface area (Å²) < 4.78 is 8.81. The molecular weight excluding hydrogens is 707 g/mol. The molecule has 0 amide bonds. The zero-order valence-electron chi connectivity index (χ0n) is 29.8. The van der Waals surface area contributed by atoms with Crippen LogP contribution in [0.1, 0.15) is 0 Å². The highest BCUT2D eigenvalue weighted by Gasteiger charge is 2.23. The van der Waals surface area contributed by atoms with Gasteiger partial charge in [0.25, 0.3) is 0 Å². The molecule has 0 fully saturated rings. The maximum absolute atomic E-state index is 6.58. The zero-order valence-corrected chi connectivity index (χ0v) is 30.6. The number of benzene rings is 7. The summed E-state index contributed by atoms with van der Waals surface area (Å²) in [6.07, 6.45) is 0. The van der Waals surface area contributed by atoms with Gasteiger partial charge in [0, 0.05) is 53.4 Å². The summed E-state index contributed by atoms with van der Waals surface area (Å²) >= 11 is 1.74. The zero-order chi connectivity index (χ0) is 37.0. The summed E-state index contributed by atoms with van der Waals surface area (Å²) in [5.41, 5.74) is 10.0. The fourth-order valence-corrected chi connectivity index (χ4v) is 8.74. The van der Waals surface area contributed by atoms with Crippen molar-refractivity contribution in [1.82, 2.24) is 24.9 Å². The highest BCUT2D eigenvalue weighted by molar-refractivity contribution is 7.26. The van der Waals surface area contributed by atoms with Crippen LogP contribution in [0.15, 0.2) is 180 Å². The molecule has 0 aliphatic rings. The molecule has 4 aromatic heterocycles. The number of hydrogen-bond acceptors (Lipinski definition) is 7. The third-order valence-corrected chi connectivity index (χ3v) is 11.4. The molecule has 56 heavy (non-hydrogen) atoms. The van der Waals surface area contributed by atoms with Crippen LogP contribution in [0.5, 0.6) is 0 Å². The summed E-state index contributed by atoms with van der Waals surface area (Å²) in [7, 11) is 0. The number of rotatable bonds is 6. The van der Waals surface area contributed by atoms with E-state index in [-0.39, 0.29) is 0 Å². The number of nitrogens with zero attached hydrogens (tertiary/aromatic N) is 5. The second-order valence-corrected chi connectivity index (χ2v) is 14.7. The van der Waals surface area contributed by atoms with Gasteiger partial charge in [-0.05, 0) is 29.3 Å². The van der Waals surface area contributed by atoms with Crippen molar-refractivity contribution in [1.29, 1.82) is 0 Å². The molecular formula is C49H29N5OS. The molecule has 11 aromatic rings. The standard InChI is InChI=1S/C49H29N5OS/c1-4-14-30(15-5-1)31-26-28-34(29-27-31)46-50-42-35-20-10-11-24-39(35)55-44(42)43(51-46)38-23-12-21-36-41-37(22-13-25-40(41)56-45(36)38)49-53-47(32-16-6-2-7-17-32)52-48(54-49)33-18-8-3-9-19-33/h1-29H. The van der Waals surface area contributed by atoms with E-state index in [4.69, 9.17) is 29.3 Å². The number of thiophene rings is 1. The molecule has 0 saturated heterocycles. The maximum atomic E-state index is 6.58. The van der Waals surface area contributed by atoms with Gasteiger partial charge in [-0.25, -0.2) is 24.9 Å². The van der Waals surface area contributed by atoms with Crippen LogP contribution >= 0.6 is 11.3 Å². The van der Waals surface area contributed by atoms with E-state index in [0.717, 1.165) is 81.3 Å². The smallest absolute Gasteiger partial charge is 0.180 e. The Bertz CT molecular complexity index is 3180. The van der Waals surface area contributed by atoms with E-state index in [2.05, 4.69) is 91.0 Å². The van der Waals surface area contributed by atoms with Crippen molar-refractivity contribution in [2.24, 2.45) is 0 Å². The van der Waals surface area contributed by atoms with Gasteiger partial charge in [0.1, 0.15) is 16.8 Å². The van der Waals surface area contributed by atoms with Gasteiger partial charge in [0.15, 0.2) is 28.9 Å². The molecule has 0 N–H and O–H groups in total. The molecule has 0 spiro atoms. The first-order chi connectivity index (χ1) is 27.7. The fraction of sp³-hybridized carbons (Fsp3) is 0. The number of fused-ring (bicyclic) bond motifs is 6. The molecule has 0 radical (unpaired) electrons. The highest BCUT2D eigenvalue weighted by Crippen LogP contribution is 2.45. The van der Waals surface area contributed by atoms with Crippen LogP contribution in [-0.2, 0) is 0 Å². The Morgan fingerprint density at radius 1 is 0.375 bits per heavy atom. The van der Waals surface area contributed by atoms with Crippen LogP contribution in [0.2, 0.25) is 0 Å². The second kappa shape index (κ2) is 13.2. The summed E-state index contributed by atoms with van der Waals surface area (Å²) in [4.78, 5) is 25.6. The van der Waals surface area contributed by atoms with Crippen molar-refractivity contribution in [2.75, 3.05) is 0 Å². The summed E-state index contributed by atoms with van der Waals surface area (Å²) in [6, 6.07) is 59.9. The van der Waals surface area contributed by atoms with E-state index < -0.39 is 0 Å². The first-order valence-corrected chi connectivity index (χ1v) is 19.2. The average molecular weight is 736 g/mol. The molecule has 0 aliphatic carbocycles. The van der Waals surface area contributed by atoms with Gasteiger partial charge in [-0.2, -0.15) is 0 Å². The predicted molar refractivity (Wildman–Crippen MR) is 228 cm³/mol. The Kier molecular flexibility index (Phi) is 7.57. The van der Waals surface area contributed by atoms with E-state index in [1.165, 1.54) is 0 Å². The van der Waals surface area contributed by atoms with Gasteiger partial charge in [0.05, 0.1) is 0 Å². The lowest BCUT2D eigenvalue weighted by Gasteiger charge is -2.10. The van der Waals surface area contributed by atoms with Crippen molar-refractivity contribution < 1.29 is 4.42 Å². The molecule has 0 saturated carbocycles. The normalized spacial score (nSPS) is 11.6. The van der Waals surface area contributed by atoms with Crippen LogP contribution in [0, 0.1) is 0 Å². The maximum Gasteiger partial charge on any atom is 0.180 e. The van der Waals surface area contributed by atoms with Crippen molar-refractivity contribution in [2.45, 2.75) is 0 Å². The van der Waals surface area contributed by atoms with Gasteiger partial charge in [-0.3, -0.25) is 0 Å². The van der Waals surface area contributed by atoms with Crippen molar-refractivity contribution >= 4 is 53.6 Å². The third-order valence-electron chi connectivity index (χ3n) is 10.2. The van der Waals surface area contributed by atoms with Crippen LogP contribution in [0.25, 0.3) is 110 Å². The van der Waals surface area contributed by atoms with Gasteiger partial charge in [0.2, 0.25) is 0 Å². The van der Waals surface area contributed by atoms with E-state index in [9.17, 15) is 0 Å².